The Balaban J connectivity index is 2.14. The fourth-order valence-electron chi connectivity index (χ4n) is 1.42. The van der Waals surface area contributed by atoms with Crippen molar-refractivity contribution in [1.29, 1.82) is 0 Å². The van der Waals surface area contributed by atoms with Crippen LogP contribution in [0.4, 0.5) is 0 Å². The number of benzene rings is 1. The maximum absolute atomic E-state index is 5.11. The lowest BCUT2D eigenvalue weighted by atomic mass is 10.1. The number of halogens is 1. The van der Waals surface area contributed by atoms with Gasteiger partial charge in [-0.1, -0.05) is 12.1 Å². The van der Waals surface area contributed by atoms with Crippen molar-refractivity contribution in [2.45, 2.75) is 6.42 Å². The zero-order valence-electron chi connectivity index (χ0n) is 8.85. The maximum atomic E-state index is 5.11. The van der Waals surface area contributed by atoms with E-state index in [-0.39, 0.29) is 0 Å². The van der Waals surface area contributed by atoms with E-state index < -0.39 is 0 Å². The molecule has 0 atom stereocenters. The van der Waals surface area contributed by atoms with Gasteiger partial charge in [0, 0.05) is 18.3 Å². The maximum Gasteiger partial charge on any atom is 0.196 e. The zero-order chi connectivity index (χ0) is 11.4. The van der Waals surface area contributed by atoms with Crippen molar-refractivity contribution in [3.63, 3.8) is 0 Å². The molecular formula is C12H11BrN2O. The lowest BCUT2D eigenvalue weighted by Gasteiger charge is -2.03. The number of nitrogens with zero attached hydrogens (tertiary/aromatic N) is 2. The number of methoxy groups -OCH3 is 1. The van der Waals surface area contributed by atoms with Gasteiger partial charge in [0.2, 0.25) is 0 Å². The highest BCUT2D eigenvalue weighted by Gasteiger charge is 1.99. The molecule has 16 heavy (non-hydrogen) atoms. The third-order valence-corrected chi connectivity index (χ3v) is 2.61. The molecule has 0 aliphatic carbocycles. The Kier molecular flexibility index (Phi) is 3.51. The molecular weight excluding hydrogens is 268 g/mol. The van der Waals surface area contributed by atoms with Crippen molar-refractivity contribution in [2.75, 3.05) is 7.11 Å². The average Bonchev–Trinajstić information content (AvgIpc) is 2.30. The Morgan fingerprint density at radius 2 is 1.94 bits per heavy atom. The van der Waals surface area contributed by atoms with Gasteiger partial charge < -0.3 is 4.74 Å². The first-order valence-corrected chi connectivity index (χ1v) is 5.67. The van der Waals surface area contributed by atoms with E-state index >= 15 is 0 Å². The van der Waals surface area contributed by atoms with Crippen LogP contribution in [0.2, 0.25) is 0 Å². The average molecular weight is 279 g/mol. The summed E-state index contributed by atoms with van der Waals surface area (Å²) >= 11 is 3.26. The fourth-order valence-corrected chi connectivity index (χ4v) is 1.77. The molecule has 1 aromatic heterocycles. The van der Waals surface area contributed by atoms with Gasteiger partial charge >= 0.3 is 0 Å². The lowest BCUT2D eigenvalue weighted by Crippen LogP contribution is -1.94. The zero-order valence-corrected chi connectivity index (χ0v) is 10.4. The van der Waals surface area contributed by atoms with E-state index in [1.807, 2.05) is 30.3 Å². The molecule has 4 heteroatoms. The Bertz CT molecular complexity index is 471. The normalized spacial score (nSPS) is 10.1. The Morgan fingerprint density at radius 1 is 1.19 bits per heavy atom. The minimum absolute atomic E-state index is 0.624. The van der Waals surface area contributed by atoms with E-state index in [0.29, 0.717) is 4.73 Å². The van der Waals surface area contributed by atoms with Gasteiger partial charge in [0.05, 0.1) is 7.11 Å². The van der Waals surface area contributed by atoms with Gasteiger partial charge in [0.25, 0.3) is 0 Å². The highest BCUT2D eigenvalue weighted by atomic mass is 79.9. The first-order valence-electron chi connectivity index (χ1n) is 4.88. The Labute approximate surface area is 103 Å². The summed E-state index contributed by atoms with van der Waals surface area (Å²) in [5.74, 6) is 0.868. The summed E-state index contributed by atoms with van der Waals surface area (Å²) in [5.41, 5.74) is 2.19. The van der Waals surface area contributed by atoms with Crippen molar-refractivity contribution in [3.8, 4) is 5.75 Å². The highest BCUT2D eigenvalue weighted by molar-refractivity contribution is 9.10. The molecule has 0 bridgehead atoms. The molecule has 0 saturated heterocycles. The van der Waals surface area contributed by atoms with Crippen molar-refractivity contribution in [1.82, 2.24) is 9.97 Å². The number of hydrogen-bond donors (Lipinski definition) is 0. The highest BCUT2D eigenvalue weighted by Crippen LogP contribution is 2.14. The van der Waals surface area contributed by atoms with Gasteiger partial charge in [-0.3, -0.25) is 0 Å². The van der Waals surface area contributed by atoms with Crippen LogP contribution < -0.4 is 4.74 Å². The summed E-state index contributed by atoms with van der Waals surface area (Å²) in [7, 11) is 1.66. The molecule has 0 saturated carbocycles. The van der Waals surface area contributed by atoms with Crippen LogP contribution in [-0.2, 0) is 6.42 Å². The summed E-state index contributed by atoms with van der Waals surface area (Å²) in [6.45, 7) is 0. The van der Waals surface area contributed by atoms with Gasteiger partial charge in [-0.25, -0.2) is 9.97 Å². The molecule has 1 aromatic carbocycles. The minimum atomic E-state index is 0.624. The van der Waals surface area contributed by atoms with E-state index in [9.17, 15) is 0 Å². The summed E-state index contributed by atoms with van der Waals surface area (Å²) in [6, 6.07) is 9.88. The van der Waals surface area contributed by atoms with E-state index in [1.165, 1.54) is 5.56 Å². The molecule has 0 radical (unpaired) electrons. The quantitative estimate of drug-likeness (QED) is 0.810. The van der Waals surface area contributed by atoms with Gasteiger partial charge in [-0.05, 0) is 39.7 Å². The van der Waals surface area contributed by atoms with Gasteiger partial charge in [0.1, 0.15) is 5.75 Å². The molecule has 2 rings (SSSR count). The number of rotatable bonds is 3. The Hall–Kier alpha value is -1.42. The molecule has 0 aliphatic rings. The standard InChI is InChI=1S/C12H11BrN2O/c1-16-11-4-2-9(3-5-11)8-10-6-7-14-12(13)15-10/h2-7H,8H2,1H3. The topological polar surface area (TPSA) is 35.0 Å². The van der Waals surface area contributed by atoms with E-state index in [1.54, 1.807) is 13.3 Å². The predicted molar refractivity (Wildman–Crippen MR) is 65.5 cm³/mol. The van der Waals surface area contributed by atoms with E-state index in [4.69, 9.17) is 4.74 Å². The van der Waals surface area contributed by atoms with Crippen molar-refractivity contribution < 1.29 is 4.74 Å². The van der Waals surface area contributed by atoms with Crippen LogP contribution in [0.15, 0.2) is 41.3 Å². The van der Waals surface area contributed by atoms with Crippen LogP contribution in [0, 0.1) is 0 Å². The van der Waals surface area contributed by atoms with Crippen LogP contribution in [0.5, 0.6) is 5.75 Å². The monoisotopic (exact) mass is 278 g/mol. The minimum Gasteiger partial charge on any atom is -0.497 e. The molecule has 0 unspecified atom stereocenters. The second kappa shape index (κ2) is 5.07. The molecule has 2 aromatic rings. The van der Waals surface area contributed by atoms with Crippen molar-refractivity contribution in [2.24, 2.45) is 0 Å². The van der Waals surface area contributed by atoms with E-state index in [2.05, 4.69) is 25.9 Å². The molecule has 1 heterocycles. The van der Waals surface area contributed by atoms with Gasteiger partial charge in [-0.2, -0.15) is 0 Å². The summed E-state index contributed by atoms with van der Waals surface area (Å²) in [6.07, 6.45) is 2.54. The fraction of sp³-hybridized carbons (Fsp3) is 0.167. The first kappa shape index (κ1) is 11.1. The smallest absolute Gasteiger partial charge is 0.196 e. The number of aromatic nitrogens is 2. The molecule has 3 nitrogen and oxygen atoms in total. The second-order valence-electron chi connectivity index (χ2n) is 3.34. The van der Waals surface area contributed by atoms with E-state index in [0.717, 1.165) is 17.9 Å². The third kappa shape index (κ3) is 2.79. The second-order valence-corrected chi connectivity index (χ2v) is 4.05. The molecule has 0 fully saturated rings. The van der Waals surface area contributed by atoms with Crippen LogP contribution in [0.25, 0.3) is 0 Å². The summed E-state index contributed by atoms with van der Waals surface area (Å²) < 4.78 is 5.73. The summed E-state index contributed by atoms with van der Waals surface area (Å²) in [5, 5.41) is 0. The molecule has 0 amide bonds. The van der Waals surface area contributed by atoms with Gasteiger partial charge in [-0.15, -0.1) is 0 Å². The third-order valence-electron chi connectivity index (χ3n) is 2.23. The van der Waals surface area contributed by atoms with Crippen LogP contribution in [0.1, 0.15) is 11.3 Å². The predicted octanol–water partition coefficient (Wildman–Crippen LogP) is 2.84. The lowest BCUT2D eigenvalue weighted by molar-refractivity contribution is 0.414. The first-order chi connectivity index (χ1) is 7.78. The number of ether oxygens (including phenoxy) is 1. The van der Waals surface area contributed by atoms with Crippen molar-refractivity contribution in [3.05, 3.63) is 52.5 Å². The molecule has 0 N–H and O–H groups in total. The molecule has 82 valence electrons. The summed E-state index contributed by atoms with van der Waals surface area (Å²) in [4.78, 5) is 8.28. The largest absolute Gasteiger partial charge is 0.497 e. The van der Waals surface area contributed by atoms with Crippen molar-refractivity contribution >= 4 is 15.9 Å². The van der Waals surface area contributed by atoms with Gasteiger partial charge in [0.15, 0.2) is 4.73 Å². The molecule has 0 aliphatic heterocycles. The SMILES string of the molecule is COc1ccc(Cc2ccnc(Br)n2)cc1. The Morgan fingerprint density at radius 3 is 2.56 bits per heavy atom. The number of hydrogen-bond acceptors (Lipinski definition) is 3. The molecule has 0 spiro atoms. The van der Waals surface area contributed by atoms with Crippen LogP contribution in [-0.4, -0.2) is 17.1 Å². The van der Waals surface area contributed by atoms with Crippen LogP contribution >= 0.6 is 15.9 Å². The van der Waals surface area contributed by atoms with Crippen LogP contribution in [0.3, 0.4) is 0 Å².